The summed E-state index contributed by atoms with van der Waals surface area (Å²) in [4.78, 5) is 11.3. The second-order valence-corrected chi connectivity index (χ2v) is 5.09. The second kappa shape index (κ2) is 6.24. The van der Waals surface area contributed by atoms with Gasteiger partial charge >= 0.3 is 6.09 Å². The molecular formula is C15H18FNO2. The second-order valence-electron chi connectivity index (χ2n) is 5.09. The van der Waals surface area contributed by atoms with Gasteiger partial charge < -0.3 is 10.1 Å². The number of nitrogens with one attached hydrogen (secondary N) is 1. The minimum atomic E-state index is -0.542. The summed E-state index contributed by atoms with van der Waals surface area (Å²) in [6.45, 7) is 7.24. The van der Waals surface area contributed by atoms with E-state index in [9.17, 15) is 9.18 Å². The Labute approximate surface area is 113 Å². The molecule has 1 amide bonds. The van der Waals surface area contributed by atoms with Gasteiger partial charge in [0.25, 0.3) is 0 Å². The molecule has 0 fully saturated rings. The normalized spacial score (nSPS) is 10.4. The number of carbonyl (C=O) groups is 1. The minimum absolute atomic E-state index is 0.114. The highest BCUT2D eigenvalue weighted by atomic mass is 19.1. The van der Waals surface area contributed by atoms with Gasteiger partial charge in [0.2, 0.25) is 0 Å². The average molecular weight is 263 g/mol. The summed E-state index contributed by atoms with van der Waals surface area (Å²) in [7, 11) is 0. The van der Waals surface area contributed by atoms with Crippen molar-refractivity contribution in [2.75, 3.05) is 6.54 Å². The van der Waals surface area contributed by atoms with Gasteiger partial charge in [-0.3, -0.25) is 0 Å². The number of hydrogen-bond donors (Lipinski definition) is 1. The van der Waals surface area contributed by atoms with Gasteiger partial charge in [0.05, 0.1) is 12.1 Å². The quantitative estimate of drug-likeness (QED) is 0.791. The van der Waals surface area contributed by atoms with E-state index in [1.807, 2.05) is 0 Å². The van der Waals surface area contributed by atoms with Gasteiger partial charge in [0.15, 0.2) is 0 Å². The first-order chi connectivity index (χ1) is 8.79. The number of carbonyl (C=O) groups excluding carboxylic acids is 1. The lowest BCUT2D eigenvalue weighted by molar-refractivity contribution is 0.0535. The Hall–Kier alpha value is -2.02. The molecule has 0 saturated heterocycles. The molecule has 0 heterocycles. The van der Waals surface area contributed by atoms with Gasteiger partial charge in [0.1, 0.15) is 11.4 Å². The molecule has 0 aliphatic rings. The van der Waals surface area contributed by atoms with E-state index in [4.69, 9.17) is 4.74 Å². The lowest BCUT2D eigenvalue weighted by atomic mass is 10.1. The molecule has 0 aliphatic heterocycles. The Morgan fingerprint density at radius 1 is 1.42 bits per heavy atom. The van der Waals surface area contributed by atoms with Crippen molar-refractivity contribution in [3.8, 4) is 11.8 Å². The van der Waals surface area contributed by atoms with Crippen molar-refractivity contribution < 1.29 is 13.9 Å². The molecule has 0 aromatic heterocycles. The number of alkyl carbamates (subject to hydrolysis) is 1. The van der Waals surface area contributed by atoms with E-state index in [1.54, 1.807) is 39.8 Å². The molecule has 0 spiro atoms. The molecule has 1 aromatic carbocycles. The van der Waals surface area contributed by atoms with E-state index in [2.05, 4.69) is 17.2 Å². The van der Waals surface area contributed by atoms with E-state index in [0.717, 1.165) is 5.56 Å². The summed E-state index contributed by atoms with van der Waals surface area (Å²) < 4.78 is 18.5. The fourth-order valence-corrected chi connectivity index (χ4v) is 1.35. The number of amides is 1. The first-order valence-electron chi connectivity index (χ1n) is 6.00. The number of hydrogen-bond acceptors (Lipinski definition) is 2. The molecule has 1 N–H and O–H groups in total. The first-order valence-corrected chi connectivity index (χ1v) is 6.00. The highest BCUT2D eigenvalue weighted by Gasteiger charge is 2.15. The van der Waals surface area contributed by atoms with Crippen molar-refractivity contribution in [3.05, 3.63) is 35.1 Å². The molecule has 0 bridgehead atoms. The molecule has 0 unspecified atom stereocenters. The zero-order valence-corrected chi connectivity index (χ0v) is 11.6. The lowest BCUT2D eigenvalue weighted by Crippen LogP contribution is -2.32. The Bertz CT molecular complexity index is 501. The highest BCUT2D eigenvalue weighted by molar-refractivity contribution is 5.68. The third-order valence-electron chi connectivity index (χ3n) is 2.16. The Morgan fingerprint density at radius 3 is 2.68 bits per heavy atom. The standard InChI is InChI=1S/C15H18FNO2/c1-11-7-5-9-13(16)12(11)8-6-10-17-14(18)19-15(2,3)4/h5,7,9H,10H2,1-4H3,(H,17,18). The summed E-state index contributed by atoms with van der Waals surface area (Å²) in [5.74, 6) is 5.05. The van der Waals surface area contributed by atoms with Crippen molar-refractivity contribution in [2.24, 2.45) is 0 Å². The van der Waals surface area contributed by atoms with Gasteiger partial charge in [-0.1, -0.05) is 24.0 Å². The van der Waals surface area contributed by atoms with E-state index in [1.165, 1.54) is 6.07 Å². The minimum Gasteiger partial charge on any atom is -0.444 e. The summed E-state index contributed by atoms with van der Waals surface area (Å²) >= 11 is 0. The van der Waals surface area contributed by atoms with Crippen molar-refractivity contribution in [1.29, 1.82) is 0 Å². The first kappa shape index (κ1) is 15.0. The zero-order chi connectivity index (χ0) is 14.5. The molecule has 0 aliphatic carbocycles. The number of halogens is 1. The molecule has 1 aromatic rings. The van der Waals surface area contributed by atoms with Crippen LogP contribution in [0.1, 0.15) is 31.9 Å². The molecule has 102 valence electrons. The van der Waals surface area contributed by atoms with Gasteiger partial charge in [-0.25, -0.2) is 9.18 Å². The van der Waals surface area contributed by atoms with Gasteiger partial charge in [0, 0.05) is 0 Å². The fourth-order valence-electron chi connectivity index (χ4n) is 1.35. The molecular weight excluding hydrogens is 245 g/mol. The predicted molar refractivity (Wildman–Crippen MR) is 72.3 cm³/mol. The van der Waals surface area contributed by atoms with Crippen LogP contribution in [0, 0.1) is 24.6 Å². The van der Waals surface area contributed by atoms with Crippen LogP contribution in [-0.4, -0.2) is 18.2 Å². The van der Waals surface area contributed by atoms with Crippen LogP contribution in [0.4, 0.5) is 9.18 Å². The smallest absolute Gasteiger partial charge is 0.408 e. The van der Waals surface area contributed by atoms with E-state index < -0.39 is 11.7 Å². The van der Waals surface area contributed by atoms with Crippen LogP contribution in [0.15, 0.2) is 18.2 Å². The number of ether oxygens (including phenoxy) is 1. The highest BCUT2D eigenvalue weighted by Crippen LogP contribution is 2.10. The van der Waals surface area contributed by atoms with Gasteiger partial charge in [-0.05, 0) is 39.3 Å². The number of benzene rings is 1. The maximum absolute atomic E-state index is 13.4. The molecule has 0 saturated carbocycles. The maximum Gasteiger partial charge on any atom is 0.408 e. The largest absolute Gasteiger partial charge is 0.444 e. The Balaban J connectivity index is 2.55. The van der Waals surface area contributed by atoms with Crippen LogP contribution in [0.25, 0.3) is 0 Å². The SMILES string of the molecule is Cc1cccc(F)c1C#CCNC(=O)OC(C)(C)C. The monoisotopic (exact) mass is 263 g/mol. The average Bonchev–Trinajstić information content (AvgIpc) is 2.25. The molecule has 1 rings (SSSR count). The summed E-state index contributed by atoms with van der Waals surface area (Å²) in [6, 6.07) is 4.78. The summed E-state index contributed by atoms with van der Waals surface area (Å²) in [5.41, 5.74) is 0.581. The van der Waals surface area contributed by atoms with Crippen molar-refractivity contribution in [2.45, 2.75) is 33.3 Å². The third kappa shape index (κ3) is 5.43. The van der Waals surface area contributed by atoms with Gasteiger partial charge in [-0.2, -0.15) is 0 Å². The van der Waals surface area contributed by atoms with Gasteiger partial charge in [-0.15, -0.1) is 0 Å². The lowest BCUT2D eigenvalue weighted by Gasteiger charge is -2.19. The topological polar surface area (TPSA) is 38.3 Å². The van der Waals surface area contributed by atoms with E-state index in [0.29, 0.717) is 5.56 Å². The van der Waals surface area contributed by atoms with Crippen LogP contribution in [-0.2, 0) is 4.74 Å². The fraction of sp³-hybridized carbons (Fsp3) is 0.400. The van der Waals surface area contributed by atoms with Crippen LogP contribution in [0.3, 0.4) is 0 Å². The van der Waals surface area contributed by atoms with Crippen LogP contribution in [0.5, 0.6) is 0 Å². The van der Waals surface area contributed by atoms with E-state index in [-0.39, 0.29) is 12.4 Å². The van der Waals surface area contributed by atoms with Crippen molar-refractivity contribution in [1.82, 2.24) is 5.32 Å². The Kier molecular flexibility index (Phi) is 4.94. The molecule has 3 nitrogen and oxygen atoms in total. The summed E-state index contributed by atoms with van der Waals surface area (Å²) in [6.07, 6.45) is -0.535. The molecule has 0 atom stereocenters. The van der Waals surface area contributed by atoms with Crippen molar-refractivity contribution >= 4 is 6.09 Å². The third-order valence-corrected chi connectivity index (χ3v) is 2.16. The van der Waals surface area contributed by atoms with Crippen LogP contribution < -0.4 is 5.32 Å². The molecule has 4 heteroatoms. The van der Waals surface area contributed by atoms with Crippen LogP contribution in [0.2, 0.25) is 0 Å². The maximum atomic E-state index is 13.4. The van der Waals surface area contributed by atoms with Crippen molar-refractivity contribution in [3.63, 3.8) is 0 Å². The molecule has 0 radical (unpaired) electrons. The predicted octanol–water partition coefficient (Wildman–Crippen LogP) is 3.01. The number of rotatable bonds is 1. The molecule has 19 heavy (non-hydrogen) atoms. The summed E-state index contributed by atoms with van der Waals surface area (Å²) in [5, 5.41) is 2.49. The van der Waals surface area contributed by atoms with Crippen LogP contribution >= 0.6 is 0 Å². The number of aryl methyl sites for hydroxylation is 1. The Morgan fingerprint density at radius 2 is 2.11 bits per heavy atom. The van der Waals surface area contributed by atoms with E-state index >= 15 is 0 Å². The zero-order valence-electron chi connectivity index (χ0n) is 11.6.